The van der Waals surface area contributed by atoms with Gasteiger partial charge in [-0.3, -0.25) is 4.79 Å². The molecule has 0 radical (unpaired) electrons. The van der Waals surface area contributed by atoms with Gasteiger partial charge >= 0.3 is 12.6 Å². The Labute approximate surface area is 154 Å². The molecule has 6 nitrogen and oxygen atoms in total. The highest BCUT2D eigenvalue weighted by Gasteiger charge is 2.20. The van der Waals surface area contributed by atoms with Gasteiger partial charge in [0.1, 0.15) is 5.69 Å². The maximum Gasteiger partial charge on any atom is 0.387 e. The van der Waals surface area contributed by atoms with Crippen LogP contribution < -0.4 is 9.47 Å². The highest BCUT2D eigenvalue weighted by molar-refractivity contribution is 6.10. The van der Waals surface area contributed by atoms with E-state index in [4.69, 9.17) is 9.84 Å². The highest BCUT2D eigenvalue weighted by atomic mass is 19.3. The van der Waals surface area contributed by atoms with Crippen LogP contribution in [0.1, 0.15) is 44.6 Å². The van der Waals surface area contributed by atoms with E-state index in [2.05, 4.69) is 9.72 Å². The first-order valence-electron chi connectivity index (χ1n) is 8.11. The highest BCUT2D eigenvalue weighted by Crippen LogP contribution is 2.30. The predicted octanol–water partition coefficient (Wildman–Crippen LogP) is 4.23. The van der Waals surface area contributed by atoms with E-state index in [1.165, 1.54) is 30.4 Å². The molecule has 1 aromatic heterocycles. The van der Waals surface area contributed by atoms with Crippen molar-refractivity contribution in [3.05, 3.63) is 52.4 Å². The summed E-state index contributed by atoms with van der Waals surface area (Å²) in [5, 5.41) is 9.12. The summed E-state index contributed by atoms with van der Waals surface area (Å²) in [7, 11) is 0. The molecule has 144 valence electrons. The number of halogens is 2. The van der Waals surface area contributed by atoms with Crippen molar-refractivity contribution in [2.45, 2.75) is 27.4 Å². The number of rotatable bonds is 8. The molecule has 2 rings (SSSR count). The zero-order valence-corrected chi connectivity index (χ0v) is 15.0. The van der Waals surface area contributed by atoms with Crippen molar-refractivity contribution < 1.29 is 33.0 Å². The Morgan fingerprint density at radius 3 is 2.52 bits per heavy atom. The number of carboxylic acids is 1. The molecule has 0 aliphatic rings. The van der Waals surface area contributed by atoms with Crippen LogP contribution in [-0.4, -0.2) is 35.1 Å². The van der Waals surface area contributed by atoms with Gasteiger partial charge in [0, 0.05) is 11.3 Å². The number of hydrogen-bond acceptors (Lipinski definition) is 4. The van der Waals surface area contributed by atoms with Crippen LogP contribution in [0.25, 0.3) is 6.08 Å². The Morgan fingerprint density at radius 2 is 1.96 bits per heavy atom. The number of carbonyl (C=O) groups excluding carboxylic acids is 1. The normalized spacial score (nSPS) is 11.2. The van der Waals surface area contributed by atoms with Gasteiger partial charge in [-0.25, -0.2) is 4.79 Å². The van der Waals surface area contributed by atoms with Gasteiger partial charge < -0.3 is 19.6 Å². The Morgan fingerprint density at radius 1 is 1.26 bits per heavy atom. The van der Waals surface area contributed by atoms with Crippen molar-refractivity contribution in [3.8, 4) is 11.5 Å². The van der Waals surface area contributed by atoms with Gasteiger partial charge in [0.05, 0.1) is 6.61 Å². The molecule has 0 amide bonds. The molecule has 2 N–H and O–H groups in total. The maximum absolute atomic E-state index is 12.5. The average molecular weight is 379 g/mol. The predicted molar refractivity (Wildman–Crippen MR) is 94.8 cm³/mol. The van der Waals surface area contributed by atoms with Crippen LogP contribution in [0.4, 0.5) is 8.78 Å². The molecule has 0 fully saturated rings. The topological polar surface area (TPSA) is 88.6 Å². The van der Waals surface area contributed by atoms with Crippen molar-refractivity contribution in [2.75, 3.05) is 6.61 Å². The van der Waals surface area contributed by atoms with E-state index < -0.39 is 12.6 Å². The van der Waals surface area contributed by atoms with E-state index in [1.807, 2.05) is 0 Å². The maximum atomic E-state index is 12.5. The van der Waals surface area contributed by atoms with Gasteiger partial charge in [-0.1, -0.05) is 12.1 Å². The lowest BCUT2D eigenvalue weighted by molar-refractivity contribution is -0.0514. The third-order valence-corrected chi connectivity index (χ3v) is 3.81. The number of nitrogens with one attached hydrogen (secondary N) is 1. The van der Waals surface area contributed by atoms with E-state index in [0.717, 1.165) is 0 Å². The van der Waals surface area contributed by atoms with Gasteiger partial charge in [-0.2, -0.15) is 8.78 Å². The number of hydrogen-bond donors (Lipinski definition) is 2. The summed E-state index contributed by atoms with van der Waals surface area (Å²) in [6, 6.07) is 4.31. The van der Waals surface area contributed by atoms with Crippen LogP contribution in [0.15, 0.2) is 24.3 Å². The fourth-order valence-electron chi connectivity index (χ4n) is 2.68. The van der Waals surface area contributed by atoms with Crippen molar-refractivity contribution in [1.82, 2.24) is 4.98 Å². The van der Waals surface area contributed by atoms with Gasteiger partial charge in [0.2, 0.25) is 0 Å². The van der Waals surface area contributed by atoms with Crippen molar-refractivity contribution in [1.29, 1.82) is 0 Å². The summed E-state index contributed by atoms with van der Waals surface area (Å²) in [6.45, 7) is 2.15. The summed E-state index contributed by atoms with van der Waals surface area (Å²) in [4.78, 5) is 26.3. The number of aromatic amines is 1. The molecule has 1 aromatic carbocycles. The molecule has 0 saturated heterocycles. The monoisotopic (exact) mass is 379 g/mol. The van der Waals surface area contributed by atoms with Gasteiger partial charge in [-0.05, 0) is 50.1 Å². The lowest BCUT2D eigenvalue weighted by atomic mass is 10.0. The van der Waals surface area contributed by atoms with E-state index in [-0.39, 0.29) is 35.1 Å². The van der Waals surface area contributed by atoms with Gasteiger partial charge in [0.15, 0.2) is 17.3 Å². The number of aryl methyl sites for hydroxylation is 1. The van der Waals surface area contributed by atoms with Crippen LogP contribution in [0.3, 0.4) is 0 Å². The second kappa shape index (κ2) is 8.48. The number of aromatic nitrogens is 1. The molecule has 2 aromatic rings. The summed E-state index contributed by atoms with van der Waals surface area (Å²) in [6.07, 6.45) is 2.77. The van der Waals surface area contributed by atoms with Crippen LogP contribution in [-0.2, 0) is 0 Å². The molecule has 0 unspecified atom stereocenters. The molecular weight excluding hydrogens is 360 g/mol. The fraction of sp³-hybridized carbons (Fsp3) is 0.263. The molecule has 0 saturated carbocycles. The number of ketones is 1. The fourth-order valence-corrected chi connectivity index (χ4v) is 2.68. The number of allylic oxidation sites excluding steroid dienone is 1. The second-order valence-corrected chi connectivity index (χ2v) is 5.65. The van der Waals surface area contributed by atoms with Gasteiger partial charge in [0.25, 0.3) is 0 Å². The minimum atomic E-state index is -2.98. The number of aromatic carboxylic acids is 1. The van der Waals surface area contributed by atoms with Crippen LogP contribution in [0, 0.1) is 13.8 Å². The molecule has 0 spiro atoms. The van der Waals surface area contributed by atoms with Crippen molar-refractivity contribution in [2.24, 2.45) is 0 Å². The largest absolute Gasteiger partial charge is 0.490 e. The first kappa shape index (κ1) is 20.2. The number of carboxylic acid groups (broad SMARTS) is 1. The lowest BCUT2D eigenvalue weighted by Crippen LogP contribution is -2.04. The third-order valence-electron chi connectivity index (χ3n) is 3.81. The van der Waals surface area contributed by atoms with Crippen molar-refractivity contribution in [3.63, 3.8) is 0 Å². The standard InChI is InChI=1S/C19H19F2NO5/c1-4-26-15-9-12(6-8-14(15)27-19(20)21)5-7-13(23)16-10(2)17(18(24)25)22-11(16)3/h5-9,19,22H,4H2,1-3H3,(H,24,25)/b7-5+. The molecule has 0 aliphatic carbocycles. The van der Waals surface area contributed by atoms with Gasteiger partial charge in [-0.15, -0.1) is 0 Å². The Balaban J connectivity index is 2.28. The number of H-pyrrole nitrogens is 1. The lowest BCUT2D eigenvalue weighted by Gasteiger charge is -2.11. The molecule has 8 heteroatoms. The summed E-state index contributed by atoms with van der Waals surface area (Å²) < 4.78 is 34.6. The second-order valence-electron chi connectivity index (χ2n) is 5.65. The molecule has 0 bridgehead atoms. The Bertz CT molecular complexity index is 886. The minimum Gasteiger partial charge on any atom is -0.490 e. The van der Waals surface area contributed by atoms with E-state index in [0.29, 0.717) is 16.8 Å². The van der Waals surface area contributed by atoms with Crippen LogP contribution >= 0.6 is 0 Å². The minimum absolute atomic E-state index is 0.0311. The first-order valence-corrected chi connectivity index (χ1v) is 8.11. The average Bonchev–Trinajstić information content (AvgIpc) is 2.89. The molecule has 27 heavy (non-hydrogen) atoms. The van der Waals surface area contributed by atoms with E-state index in [9.17, 15) is 18.4 Å². The molecule has 0 atom stereocenters. The zero-order chi connectivity index (χ0) is 20.1. The zero-order valence-electron chi connectivity index (χ0n) is 15.0. The smallest absolute Gasteiger partial charge is 0.387 e. The number of benzene rings is 1. The Hall–Kier alpha value is -3.16. The molecular formula is C19H19F2NO5. The Kier molecular flexibility index (Phi) is 6.33. The molecule has 0 aliphatic heterocycles. The van der Waals surface area contributed by atoms with Crippen LogP contribution in [0.5, 0.6) is 11.5 Å². The summed E-state index contributed by atoms with van der Waals surface area (Å²) >= 11 is 0. The SMILES string of the molecule is CCOc1cc(/C=C/C(=O)c2c(C)[nH]c(C(=O)O)c2C)ccc1OC(F)F. The summed E-state index contributed by atoms with van der Waals surface area (Å²) in [5.74, 6) is -1.48. The number of carbonyl (C=O) groups is 2. The van der Waals surface area contributed by atoms with Crippen molar-refractivity contribution >= 4 is 17.8 Å². The van der Waals surface area contributed by atoms with E-state index in [1.54, 1.807) is 20.8 Å². The first-order chi connectivity index (χ1) is 12.7. The third kappa shape index (κ3) is 4.72. The number of alkyl halides is 2. The molecule has 1 heterocycles. The van der Waals surface area contributed by atoms with E-state index >= 15 is 0 Å². The van der Waals surface area contributed by atoms with Crippen LogP contribution in [0.2, 0.25) is 0 Å². The summed E-state index contributed by atoms with van der Waals surface area (Å²) in [5.41, 5.74) is 1.60. The quantitative estimate of drug-likeness (QED) is 0.529. The number of ether oxygens (including phenoxy) is 2.